The zero-order chi connectivity index (χ0) is 14.5. The maximum Gasteiger partial charge on any atom is 0.124 e. The monoisotopic (exact) mass is 353 g/mol. The Morgan fingerprint density at radius 1 is 1.20 bits per heavy atom. The van der Waals surface area contributed by atoms with E-state index in [-0.39, 0.29) is 6.04 Å². The van der Waals surface area contributed by atoms with E-state index in [4.69, 9.17) is 16.3 Å². The van der Waals surface area contributed by atoms with Gasteiger partial charge in [0.1, 0.15) is 5.75 Å². The third-order valence-corrected chi connectivity index (χ3v) is 4.02. The molecule has 0 saturated carbocycles. The quantitative estimate of drug-likeness (QED) is 0.846. The maximum absolute atomic E-state index is 5.92. The molecule has 0 spiro atoms. The molecule has 106 valence electrons. The first-order valence-corrected chi connectivity index (χ1v) is 7.56. The van der Waals surface area contributed by atoms with Crippen molar-refractivity contribution in [1.82, 2.24) is 5.32 Å². The van der Waals surface area contributed by atoms with Gasteiger partial charge in [-0.1, -0.05) is 45.7 Å². The standard InChI is InChI=1S/C16H17BrClNO/c1-19-15(9-11-3-6-13(18)7-4-11)14-8-5-12(17)10-16(14)20-2/h3-8,10,15,19H,9H2,1-2H3. The molecule has 0 radical (unpaired) electrons. The summed E-state index contributed by atoms with van der Waals surface area (Å²) in [5.74, 6) is 0.882. The van der Waals surface area contributed by atoms with Crippen LogP contribution >= 0.6 is 27.5 Å². The van der Waals surface area contributed by atoms with Crippen molar-refractivity contribution in [2.45, 2.75) is 12.5 Å². The van der Waals surface area contributed by atoms with Crippen molar-refractivity contribution in [3.8, 4) is 5.75 Å². The number of nitrogens with one attached hydrogen (secondary N) is 1. The third kappa shape index (κ3) is 3.75. The molecule has 2 aromatic carbocycles. The Morgan fingerprint density at radius 2 is 1.90 bits per heavy atom. The van der Waals surface area contributed by atoms with Crippen LogP contribution in [0.15, 0.2) is 46.9 Å². The normalized spacial score (nSPS) is 12.2. The van der Waals surface area contributed by atoms with Crippen molar-refractivity contribution >= 4 is 27.5 Å². The number of rotatable bonds is 5. The van der Waals surface area contributed by atoms with E-state index in [1.807, 2.05) is 31.3 Å². The second kappa shape index (κ2) is 7.11. The molecule has 1 N–H and O–H groups in total. The van der Waals surface area contributed by atoms with Crippen LogP contribution in [0.1, 0.15) is 17.2 Å². The van der Waals surface area contributed by atoms with Gasteiger partial charge in [-0.25, -0.2) is 0 Å². The lowest BCUT2D eigenvalue weighted by Gasteiger charge is -2.20. The highest BCUT2D eigenvalue weighted by molar-refractivity contribution is 9.10. The van der Waals surface area contributed by atoms with Gasteiger partial charge in [0, 0.05) is 21.1 Å². The van der Waals surface area contributed by atoms with Gasteiger partial charge in [0.25, 0.3) is 0 Å². The molecule has 4 heteroatoms. The highest BCUT2D eigenvalue weighted by Gasteiger charge is 2.15. The first kappa shape index (κ1) is 15.4. The third-order valence-electron chi connectivity index (χ3n) is 3.27. The molecule has 0 aliphatic heterocycles. The summed E-state index contributed by atoms with van der Waals surface area (Å²) in [6.07, 6.45) is 0.881. The first-order chi connectivity index (χ1) is 9.63. The van der Waals surface area contributed by atoms with Crippen molar-refractivity contribution in [3.63, 3.8) is 0 Å². The number of methoxy groups -OCH3 is 1. The fraction of sp³-hybridized carbons (Fsp3) is 0.250. The van der Waals surface area contributed by atoms with E-state index in [9.17, 15) is 0 Å². The summed E-state index contributed by atoms with van der Waals surface area (Å²) in [6.45, 7) is 0. The molecule has 0 fully saturated rings. The molecule has 0 bridgehead atoms. The first-order valence-electron chi connectivity index (χ1n) is 6.39. The smallest absolute Gasteiger partial charge is 0.124 e. The Bertz CT molecular complexity index is 571. The molecule has 0 amide bonds. The molecule has 2 rings (SSSR count). The van der Waals surface area contributed by atoms with E-state index in [0.717, 1.165) is 27.2 Å². The van der Waals surface area contributed by atoms with E-state index in [1.165, 1.54) is 5.56 Å². The van der Waals surface area contributed by atoms with E-state index < -0.39 is 0 Å². The lowest BCUT2D eigenvalue weighted by molar-refractivity contribution is 0.401. The summed E-state index contributed by atoms with van der Waals surface area (Å²) in [5.41, 5.74) is 2.38. The topological polar surface area (TPSA) is 21.3 Å². The van der Waals surface area contributed by atoms with Crippen molar-refractivity contribution in [2.24, 2.45) is 0 Å². The van der Waals surface area contributed by atoms with Gasteiger partial charge in [-0.3, -0.25) is 0 Å². The Balaban J connectivity index is 2.26. The van der Waals surface area contributed by atoms with Crippen molar-refractivity contribution in [1.29, 1.82) is 0 Å². The second-order valence-electron chi connectivity index (χ2n) is 4.56. The molecule has 1 unspecified atom stereocenters. The number of hydrogen-bond acceptors (Lipinski definition) is 2. The second-order valence-corrected chi connectivity index (χ2v) is 5.91. The average Bonchev–Trinajstić information content (AvgIpc) is 2.47. The minimum absolute atomic E-state index is 0.194. The van der Waals surface area contributed by atoms with E-state index in [2.05, 4.69) is 39.4 Å². The van der Waals surface area contributed by atoms with Crippen LogP contribution in [0.25, 0.3) is 0 Å². The van der Waals surface area contributed by atoms with E-state index >= 15 is 0 Å². The van der Waals surface area contributed by atoms with Crippen molar-refractivity contribution in [2.75, 3.05) is 14.2 Å². The largest absolute Gasteiger partial charge is 0.496 e. The minimum atomic E-state index is 0.194. The molecular formula is C16H17BrClNO. The number of ether oxygens (including phenoxy) is 1. The summed E-state index contributed by atoms with van der Waals surface area (Å²) < 4.78 is 6.49. The van der Waals surface area contributed by atoms with Crippen molar-refractivity contribution < 1.29 is 4.74 Å². The Morgan fingerprint density at radius 3 is 2.50 bits per heavy atom. The fourth-order valence-corrected chi connectivity index (χ4v) is 2.66. The van der Waals surface area contributed by atoms with Crippen LogP contribution in [-0.2, 0) is 6.42 Å². The van der Waals surface area contributed by atoms with Crippen molar-refractivity contribution in [3.05, 3.63) is 63.1 Å². The summed E-state index contributed by atoms with van der Waals surface area (Å²) in [5, 5.41) is 4.11. The summed E-state index contributed by atoms with van der Waals surface area (Å²) in [4.78, 5) is 0. The maximum atomic E-state index is 5.92. The summed E-state index contributed by atoms with van der Waals surface area (Å²) in [7, 11) is 3.66. The van der Waals surface area contributed by atoms with E-state index in [0.29, 0.717) is 0 Å². The lowest BCUT2D eigenvalue weighted by atomic mass is 9.98. The number of hydrogen-bond donors (Lipinski definition) is 1. The number of halogens is 2. The number of benzene rings is 2. The molecule has 2 aromatic rings. The molecule has 0 aliphatic carbocycles. The highest BCUT2D eigenvalue weighted by atomic mass is 79.9. The minimum Gasteiger partial charge on any atom is -0.496 e. The number of likely N-dealkylation sites (N-methyl/N-ethyl adjacent to an activating group) is 1. The molecule has 0 heterocycles. The van der Waals surface area contributed by atoms with Crippen LogP contribution < -0.4 is 10.1 Å². The van der Waals surface area contributed by atoms with Crippen LogP contribution in [0.4, 0.5) is 0 Å². The van der Waals surface area contributed by atoms with Crippen LogP contribution in [0, 0.1) is 0 Å². The molecule has 0 aliphatic rings. The Labute approximate surface area is 133 Å². The van der Waals surface area contributed by atoms with Gasteiger partial charge in [0.2, 0.25) is 0 Å². The summed E-state index contributed by atoms with van der Waals surface area (Å²) in [6, 6.07) is 14.2. The average molecular weight is 355 g/mol. The van der Waals surface area contributed by atoms with Gasteiger partial charge in [-0.2, -0.15) is 0 Å². The van der Waals surface area contributed by atoms with Crippen LogP contribution in [0.2, 0.25) is 5.02 Å². The van der Waals surface area contributed by atoms with Gasteiger partial charge in [0.15, 0.2) is 0 Å². The lowest BCUT2D eigenvalue weighted by Crippen LogP contribution is -2.19. The molecule has 1 atom stereocenters. The molecule has 0 aromatic heterocycles. The van der Waals surface area contributed by atoms with Gasteiger partial charge >= 0.3 is 0 Å². The predicted molar refractivity (Wildman–Crippen MR) is 87.7 cm³/mol. The molecule has 0 saturated heterocycles. The molecule has 2 nitrogen and oxygen atoms in total. The zero-order valence-electron chi connectivity index (χ0n) is 11.5. The summed E-state index contributed by atoms with van der Waals surface area (Å²) >= 11 is 9.39. The SMILES string of the molecule is CNC(Cc1ccc(Cl)cc1)c1ccc(Br)cc1OC. The zero-order valence-corrected chi connectivity index (χ0v) is 13.8. The van der Waals surface area contributed by atoms with Crippen LogP contribution in [0.5, 0.6) is 5.75 Å². The predicted octanol–water partition coefficient (Wildman–Crippen LogP) is 4.61. The van der Waals surface area contributed by atoms with Gasteiger partial charge in [0.05, 0.1) is 7.11 Å². The molecule has 20 heavy (non-hydrogen) atoms. The van der Waals surface area contributed by atoms with Gasteiger partial charge in [-0.15, -0.1) is 0 Å². The Hall–Kier alpha value is -1.03. The van der Waals surface area contributed by atoms with Gasteiger partial charge < -0.3 is 10.1 Å². The molecular weight excluding hydrogens is 338 g/mol. The van der Waals surface area contributed by atoms with E-state index in [1.54, 1.807) is 7.11 Å². The Kier molecular flexibility index (Phi) is 5.46. The van der Waals surface area contributed by atoms with Gasteiger partial charge in [-0.05, 0) is 43.3 Å². The highest BCUT2D eigenvalue weighted by Crippen LogP contribution is 2.30. The van der Waals surface area contributed by atoms with Crippen LogP contribution in [-0.4, -0.2) is 14.2 Å². The fourth-order valence-electron chi connectivity index (χ4n) is 2.20. The van der Waals surface area contributed by atoms with Crippen LogP contribution in [0.3, 0.4) is 0 Å².